The Balaban J connectivity index is 0.000000201. The Morgan fingerprint density at radius 1 is 0.586 bits per heavy atom. The number of imidazole rings is 4. The van der Waals surface area contributed by atoms with Crippen LogP contribution in [0.5, 0.6) is 0 Å². The van der Waals surface area contributed by atoms with Crippen molar-refractivity contribution in [3.63, 3.8) is 0 Å². The average Bonchev–Trinajstić information content (AvgIpc) is 4.21. The molecule has 0 saturated carbocycles. The van der Waals surface area contributed by atoms with Crippen LogP contribution in [0.2, 0.25) is 10.3 Å². The van der Waals surface area contributed by atoms with Gasteiger partial charge in [-0.3, -0.25) is 9.13 Å². The number of aromatic carboxylic acids is 2. The summed E-state index contributed by atoms with van der Waals surface area (Å²) in [5.74, 6) is -0.532. The van der Waals surface area contributed by atoms with E-state index in [9.17, 15) is 19.8 Å². The van der Waals surface area contributed by atoms with Crippen LogP contribution in [0, 0.1) is 0 Å². The Morgan fingerprint density at radius 2 is 1.00 bits per heavy atom. The molecule has 70 heavy (non-hydrogen) atoms. The van der Waals surface area contributed by atoms with Crippen molar-refractivity contribution in [1.82, 2.24) is 79.5 Å². The number of fused-ring (bicyclic) bond motifs is 2. The van der Waals surface area contributed by atoms with Gasteiger partial charge in [-0.2, -0.15) is 10.4 Å². The van der Waals surface area contributed by atoms with Gasteiger partial charge < -0.3 is 28.9 Å². The second kappa shape index (κ2) is 22.7. The second-order valence-corrected chi connectivity index (χ2v) is 16.3. The molecule has 10 aromatic rings. The largest absolute Gasteiger partial charge is 1.00 e. The van der Waals surface area contributed by atoms with E-state index in [1.807, 2.05) is 94.1 Å². The van der Waals surface area contributed by atoms with Gasteiger partial charge in [0.15, 0.2) is 10.3 Å². The summed E-state index contributed by atoms with van der Waals surface area (Å²) in [6.07, 6.45) is 8.32. The molecular weight excluding hydrogens is 925 g/mol. The summed E-state index contributed by atoms with van der Waals surface area (Å²) in [5.41, 5.74) is 7.88. The molecule has 6 heterocycles. The second-order valence-electron chi connectivity index (χ2n) is 15.6. The molecular formula is C46H40Cl2Li2N16O4. The van der Waals surface area contributed by atoms with Crippen molar-refractivity contribution in [3.8, 4) is 34.2 Å². The molecule has 24 heteroatoms. The molecule has 20 nitrogen and oxygen atoms in total. The fraction of sp³-hybridized carbons (Fsp3) is 0.217. The van der Waals surface area contributed by atoms with Gasteiger partial charge in [0.25, 0.3) is 0 Å². The number of carbonyl (C=O) groups is 2. The van der Waals surface area contributed by atoms with E-state index in [0.29, 0.717) is 36.1 Å². The van der Waals surface area contributed by atoms with Gasteiger partial charge in [0.1, 0.15) is 35.7 Å². The van der Waals surface area contributed by atoms with Gasteiger partial charge in [-0.25, -0.2) is 19.9 Å². The number of aromatic nitrogens is 16. The molecule has 10 rings (SSSR count). The van der Waals surface area contributed by atoms with E-state index in [4.69, 9.17) is 23.2 Å². The number of nitrogens with zero attached hydrogens (tertiary/aromatic N) is 14. The van der Waals surface area contributed by atoms with Gasteiger partial charge >= 0.3 is 37.7 Å². The number of carboxylic acid groups (broad SMARTS) is 2. The molecule has 0 radical (unpaired) electrons. The predicted molar refractivity (Wildman–Crippen MR) is 247 cm³/mol. The van der Waals surface area contributed by atoms with Crippen LogP contribution < -0.4 is 47.9 Å². The van der Waals surface area contributed by atoms with Crippen molar-refractivity contribution in [2.24, 2.45) is 0 Å². The van der Waals surface area contributed by atoms with Crippen molar-refractivity contribution in [1.29, 1.82) is 0 Å². The third kappa shape index (κ3) is 10.2. The van der Waals surface area contributed by atoms with Crippen LogP contribution in [0.15, 0.2) is 97.6 Å². The first-order chi connectivity index (χ1) is 33.2. The SMILES string of the molecule is CCCCc1nc(Cl)c(C(=O)[O-])n1Cc1cccc2c1ncn2-c1ccccc1-c1nn[nH]n1.CCCCc1nc(Cl)c(C(=O)[O-])n1Cc1cccc2c1ncn2-c1ccccc1-c1nn[nH]n1.[Li+].[Li+]. The Morgan fingerprint density at radius 3 is 1.37 bits per heavy atom. The number of hydrogen-bond acceptors (Lipinski definition) is 14. The zero-order chi connectivity index (χ0) is 47.3. The van der Waals surface area contributed by atoms with Crippen LogP contribution in [-0.4, -0.2) is 91.4 Å². The van der Waals surface area contributed by atoms with Crippen LogP contribution >= 0.6 is 23.2 Å². The summed E-state index contributed by atoms with van der Waals surface area (Å²) < 4.78 is 7.13. The topological polar surface area (TPSA) is 260 Å². The van der Waals surface area contributed by atoms with Crippen LogP contribution in [0.4, 0.5) is 0 Å². The fourth-order valence-corrected chi connectivity index (χ4v) is 8.74. The number of benzene rings is 4. The zero-order valence-electron chi connectivity index (χ0n) is 38.5. The summed E-state index contributed by atoms with van der Waals surface area (Å²) in [6.45, 7) is 4.63. The molecule has 0 aliphatic carbocycles. The number of H-pyrrole nitrogens is 2. The third-order valence-electron chi connectivity index (χ3n) is 11.4. The minimum atomic E-state index is -1.35. The standard InChI is InChI=1S/2C23H21ClN8O2.2Li/c2*1-2-3-11-18-26-21(24)20(23(33)34)31(18)12-14-7-6-10-17-19(14)25-13-32(17)16-9-5-4-8-15(16)22-27-29-30-28-22;;/h2*4-10,13H,2-3,11-12H2,1H3,(H,33,34)(H,27,28,29,30);;/q;;2*+1/p-2. The minimum absolute atomic E-state index is 0. The van der Waals surface area contributed by atoms with Gasteiger partial charge in [0, 0.05) is 24.0 Å². The van der Waals surface area contributed by atoms with E-state index in [-0.39, 0.29) is 72.5 Å². The predicted octanol–water partition coefficient (Wildman–Crippen LogP) is -0.372. The summed E-state index contributed by atoms with van der Waals surface area (Å²) in [6, 6.07) is 27.0. The number of hydrogen-bond donors (Lipinski definition) is 2. The molecule has 344 valence electrons. The number of aryl methyl sites for hydroxylation is 2. The van der Waals surface area contributed by atoms with Crippen LogP contribution in [-0.2, 0) is 25.9 Å². The Labute approximate surface area is 433 Å². The number of tetrazole rings is 2. The van der Waals surface area contributed by atoms with E-state index in [0.717, 1.165) is 81.4 Å². The minimum Gasteiger partial charge on any atom is -0.543 e. The summed E-state index contributed by atoms with van der Waals surface area (Å²) >= 11 is 12.3. The molecule has 0 aliphatic rings. The molecule has 0 unspecified atom stereocenters. The maximum atomic E-state index is 11.8. The van der Waals surface area contributed by atoms with Crippen molar-refractivity contribution < 1.29 is 57.5 Å². The van der Waals surface area contributed by atoms with E-state index in [2.05, 4.69) is 75.0 Å². The van der Waals surface area contributed by atoms with Crippen LogP contribution in [0.1, 0.15) is 83.3 Å². The van der Waals surface area contributed by atoms with Crippen LogP contribution in [0.3, 0.4) is 0 Å². The normalized spacial score (nSPS) is 11.0. The smallest absolute Gasteiger partial charge is 0.543 e. The summed E-state index contributed by atoms with van der Waals surface area (Å²) in [4.78, 5) is 41.6. The Kier molecular flexibility index (Phi) is 16.5. The number of rotatable bonds is 16. The van der Waals surface area contributed by atoms with E-state index in [1.165, 1.54) is 0 Å². The molecule has 6 aromatic heterocycles. The average molecular weight is 966 g/mol. The van der Waals surface area contributed by atoms with Gasteiger partial charge in [-0.1, -0.05) is 98.4 Å². The monoisotopic (exact) mass is 964 g/mol. The summed E-state index contributed by atoms with van der Waals surface area (Å²) in [5, 5.41) is 52.3. The molecule has 0 spiro atoms. The first-order valence-corrected chi connectivity index (χ1v) is 22.4. The van der Waals surface area contributed by atoms with E-state index < -0.39 is 11.9 Å². The van der Waals surface area contributed by atoms with Crippen molar-refractivity contribution >= 4 is 57.2 Å². The fourth-order valence-electron chi connectivity index (χ4n) is 8.19. The molecule has 2 N–H and O–H groups in total. The van der Waals surface area contributed by atoms with Gasteiger partial charge in [0.2, 0.25) is 11.6 Å². The van der Waals surface area contributed by atoms with Crippen LogP contribution in [0.25, 0.3) is 56.2 Å². The number of unbranched alkanes of at least 4 members (excludes halogenated alkanes) is 2. The molecule has 0 aliphatic heterocycles. The van der Waals surface area contributed by atoms with Crippen molar-refractivity contribution in [2.75, 3.05) is 0 Å². The maximum Gasteiger partial charge on any atom is 1.00 e. The number of aromatic amines is 2. The third-order valence-corrected chi connectivity index (χ3v) is 11.9. The number of carboxylic acids is 2. The summed E-state index contributed by atoms with van der Waals surface area (Å²) in [7, 11) is 0. The maximum absolute atomic E-state index is 11.8. The molecule has 0 bridgehead atoms. The van der Waals surface area contributed by atoms with E-state index in [1.54, 1.807) is 21.8 Å². The number of nitrogens with one attached hydrogen (secondary N) is 2. The number of para-hydroxylation sites is 4. The molecule has 0 saturated heterocycles. The molecule has 0 atom stereocenters. The quantitative estimate of drug-likeness (QED) is 0.117. The molecule has 0 fully saturated rings. The van der Waals surface area contributed by atoms with Gasteiger partial charge in [-0.05, 0) is 70.8 Å². The molecule has 0 amide bonds. The number of halogens is 2. The van der Waals surface area contributed by atoms with Gasteiger partial charge in [0.05, 0.1) is 58.5 Å². The number of carbonyl (C=O) groups excluding carboxylic acids is 2. The van der Waals surface area contributed by atoms with E-state index >= 15 is 0 Å². The molecule has 4 aromatic carbocycles. The van der Waals surface area contributed by atoms with Crippen molar-refractivity contribution in [3.05, 3.63) is 142 Å². The Bertz CT molecular complexity index is 3180. The first kappa shape index (κ1) is 51.0. The zero-order valence-corrected chi connectivity index (χ0v) is 40.1. The Hall–Kier alpha value is -6.91. The van der Waals surface area contributed by atoms with Gasteiger partial charge in [-0.15, -0.1) is 20.4 Å². The first-order valence-electron chi connectivity index (χ1n) is 21.7. The van der Waals surface area contributed by atoms with Crippen molar-refractivity contribution in [2.45, 2.75) is 65.5 Å².